The maximum absolute atomic E-state index is 12.3. The number of amides is 1. The SMILES string of the molecule is CCC(OC1CCCC1)C(=O)NCC(N)c1ccc(C(C)C)cc1.Cl. The third-order valence-corrected chi connectivity index (χ3v) is 4.85. The molecule has 3 N–H and O–H groups in total. The van der Waals surface area contributed by atoms with Crippen LogP contribution in [0.15, 0.2) is 24.3 Å². The van der Waals surface area contributed by atoms with Gasteiger partial charge in [0.2, 0.25) is 5.91 Å². The maximum atomic E-state index is 12.3. The third kappa shape index (κ3) is 6.61. The van der Waals surface area contributed by atoms with Crippen LogP contribution in [0.1, 0.15) is 76.0 Å². The van der Waals surface area contributed by atoms with Gasteiger partial charge in [-0.1, -0.05) is 57.9 Å². The first-order valence-corrected chi connectivity index (χ1v) is 9.29. The lowest BCUT2D eigenvalue weighted by Crippen LogP contribution is -2.41. The van der Waals surface area contributed by atoms with E-state index in [9.17, 15) is 4.79 Å². The van der Waals surface area contributed by atoms with Crippen LogP contribution >= 0.6 is 12.4 Å². The summed E-state index contributed by atoms with van der Waals surface area (Å²) in [6, 6.07) is 8.13. The molecule has 0 aromatic heterocycles. The van der Waals surface area contributed by atoms with E-state index in [1.54, 1.807) is 0 Å². The van der Waals surface area contributed by atoms with Crippen molar-refractivity contribution in [3.05, 3.63) is 35.4 Å². The number of ether oxygens (including phenoxy) is 1. The summed E-state index contributed by atoms with van der Waals surface area (Å²) in [5, 5.41) is 2.95. The molecule has 1 aromatic carbocycles. The summed E-state index contributed by atoms with van der Waals surface area (Å²) in [7, 11) is 0. The minimum absolute atomic E-state index is 0. The number of hydrogen-bond donors (Lipinski definition) is 2. The van der Waals surface area contributed by atoms with Gasteiger partial charge in [-0.3, -0.25) is 4.79 Å². The first kappa shape index (κ1) is 21.9. The van der Waals surface area contributed by atoms with E-state index in [1.807, 2.05) is 6.92 Å². The molecule has 1 amide bonds. The van der Waals surface area contributed by atoms with Gasteiger partial charge in [0.05, 0.1) is 6.10 Å². The lowest BCUT2D eigenvalue weighted by atomic mass is 9.99. The Morgan fingerprint density at radius 2 is 1.76 bits per heavy atom. The van der Waals surface area contributed by atoms with Gasteiger partial charge in [0.1, 0.15) is 6.10 Å². The van der Waals surface area contributed by atoms with Crippen LogP contribution in [0.2, 0.25) is 0 Å². The molecule has 1 aliphatic carbocycles. The zero-order chi connectivity index (χ0) is 17.5. The summed E-state index contributed by atoms with van der Waals surface area (Å²) in [5.41, 5.74) is 8.56. The van der Waals surface area contributed by atoms with Gasteiger partial charge in [0.25, 0.3) is 0 Å². The number of rotatable bonds is 8. The van der Waals surface area contributed by atoms with Crippen molar-refractivity contribution in [1.82, 2.24) is 5.32 Å². The summed E-state index contributed by atoms with van der Waals surface area (Å²) in [6.45, 7) is 6.77. The molecule has 0 spiro atoms. The van der Waals surface area contributed by atoms with E-state index in [2.05, 4.69) is 43.4 Å². The number of carbonyl (C=O) groups excluding carboxylic acids is 1. The first-order valence-electron chi connectivity index (χ1n) is 9.29. The topological polar surface area (TPSA) is 64.3 Å². The van der Waals surface area contributed by atoms with Crippen LogP contribution < -0.4 is 11.1 Å². The second-order valence-corrected chi connectivity index (χ2v) is 7.11. The molecule has 0 aliphatic heterocycles. The lowest BCUT2D eigenvalue weighted by Gasteiger charge is -2.21. The highest BCUT2D eigenvalue weighted by molar-refractivity contribution is 5.85. The highest BCUT2D eigenvalue weighted by atomic mass is 35.5. The molecule has 5 heteroatoms. The van der Waals surface area contributed by atoms with Gasteiger partial charge in [-0.2, -0.15) is 0 Å². The van der Waals surface area contributed by atoms with E-state index >= 15 is 0 Å². The zero-order valence-electron chi connectivity index (χ0n) is 15.7. The fourth-order valence-corrected chi connectivity index (χ4v) is 3.17. The molecule has 142 valence electrons. The van der Waals surface area contributed by atoms with Gasteiger partial charge in [-0.15, -0.1) is 12.4 Å². The standard InChI is InChI=1S/C20H32N2O2.ClH/c1-4-19(24-17-7-5-6-8-17)20(23)22-13-18(21)16-11-9-15(10-12-16)14(2)3;/h9-12,14,17-19H,4-8,13,21H2,1-3H3,(H,22,23);1H. The Morgan fingerprint density at radius 1 is 1.20 bits per heavy atom. The molecule has 1 aliphatic rings. The number of hydrogen-bond acceptors (Lipinski definition) is 3. The number of halogens is 1. The van der Waals surface area contributed by atoms with Crippen molar-refractivity contribution in [3.8, 4) is 0 Å². The van der Waals surface area contributed by atoms with Gasteiger partial charge in [0, 0.05) is 12.6 Å². The predicted octanol–water partition coefficient (Wildman–Crippen LogP) is 4.09. The lowest BCUT2D eigenvalue weighted by molar-refractivity contribution is -0.136. The van der Waals surface area contributed by atoms with Crippen LogP contribution in [-0.2, 0) is 9.53 Å². The van der Waals surface area contributed by atoms with E-state index in [0.29, 0.717) is 18.9 Å². The van der Waals surface area contributed by atoms with Crippen LogP contribution in [0, 0.1) is 0 Å². The van der Waals surface area contributed by atoms with Crippen LogP contribution in [0.5, 0.6) is 0 Å². The fourth-order valence-electron chi connectivity index (χ4n) is 3.17. The van der Waals surface area contributed by atoms with Crippen molar-refractivity contribution < 1.29 is 9.53 Å². The Bertz CT molecular complexity index is 513. The van der Waals surface area contributed by atoms with E-state index in [4.69, 9.17) is 10.5 Å². The van der Waals surface area contributed by atoms with Gasteiger partial charge < -0.3 is 15.8 Å². The molecule has 2 unspecified atom stereocenters. The summed E-state index contributed by atoms with van der Waals surface area (Å²) < 4.78 is 5.95. The number of carbonyl (C=O) groups is 1. The highest BCUT2D eigenvalue weighted by Crippen LogP contribution is 2.23. The molecule has 25 heavy (non-hydrogen) atoms. The van der Waals surface area contributed by atoms with Gasteiger partial charge >= 0.3 is 0 Å². The van der Waals surface area contributed by atoms with E-state index in [-0.39, 0.29) is 36.6 Å². The third-order valence-electron chi connectivity index (χ3n) is 4.85. The summed E-state index contributed by atoms with van der Waals surface area (Å²) >= 11 is 0. The Balaban J connectivity index is 0.00000312. The molecule has 0 bridgehead atoms. The monoisotopic (exact) mass is 368 g/mol. The molecule has 1 saturated carbocycles. The average molecular weight is 369 g/mol. The van der Waals surface area contributed by atoms with Crippen molar-refractivity contribution in [3.63, 3.8) is 0 Å². The quantitative estimate of drug-likeness (QED) is 0.726. The molecule has 2 rings (SSSR count). The van der Waals surface area contributed by atoms with Gasteiger partial charge in [0.15, 0.2) is 0 Å². The zero-order valence-corrected chi connectivity index (χ0v) is 16.5. The van der Waals surface area contributed by atoms with Crippen molar-refractivity contribution in [2.24, 2.45) is 5.73 Å². The van der Waals surface area contributed by atoms with Gasteiger partial charge in [-0.05, 0) is 36.3 Å². The molecular weight excluding hydrogens is 336 g/mol. The first-order chi connectivity index (χ1) is 11.5. The van der Waals surface area contributed by atoms with Crippen molar-refractivity contribution in [1.29, 1.82) is 0 Å². The molecule has 0 heterocycles. The molecule has 0 saturated heterocycles. The van der Waals surface area contributed by atoms with Crippen molar-refractivity contribution in [2.45, 2.75) is 77.0 Å². The molecule has 1 aromatic rings. The Kier molecular flexibility index (Phi) is 9.47. The molecular formula is C20H33ClN2O2. The second kappa shape index (κ2) is 10.8. The molecule has 2 atom stereocenters. The Morgan fingerprint density at radius 3 is 2.28 bits per heavy atom. The highest BCUT2D eigenvalue weighted by Gasteiger charge is 2.24. The average Bonchev–Trinajstić information content (AvgIpc) is 3.10. The van der Waals surface area contributed by atoms with Crippen molar-refractivity contribution >= 4 is 18.3 Å². The number of nitrogens with two attached hydrogens (primary N) is 1. The summed E-state index contributed by atoms with van der Waals surface area (Å²) in [5.74, 6) is 0.465. The number of benzene rings is 1. The molecule has 4 nitrogen and oxygen atoms in total. The normalized spacial score (nSPS) is 17.2. The van der Waals surface area contributed by atoms with E-state index < -0.39 is 0 Å². The summed E-state index contributed by atoms with van der Waals surface area (Å²) in [4.78, 5) is 12.3. The maximum Gasteiger partial charge on any atom is 0.249 e. The van der Waals surface area contributed by atoms with Crippen LogP contribution in [0.25, 0.3) is 0 Å². The van der Waals surface area contributed by atoms with Crippen LogP contribution in [0.4, 0.5) is 0 Å². The van der Waals surface area contributed by atoms with Crippen LogP contribution in [0.3, 0.4) is 0 Å². The minimum atomic E-state index is -0.358. The van der Waals surface area contributed by atoms with E-state index in [0.717, 1.165) is 18.4 Å². The van der Waals surface area contributed by atoms with Crippen molar-refractivity contribution in [2.75, 3.05) is 6.54 Å². The molecule has 1 fully saturated rings. The Hall–Kier alpha value is -1.10. The molecule has 0 radical (unpaired) electrons. The fraction of sp³-hybridized carbons (Fsp3) is 0.650. The van der Waals surface area contributed by atoms with Crippen LogP contribution in [-0.4, -0.2) is 24.7 Å². The van der Waals surface area contributed by atoms with Gasteiger partial charge in [-0.25, -0.2) is 0 Å². The Labute approximate surface area is 158 Å². The second-order valence-electron chi connectivity index (χ2n) is 7.11. The predicted molar refractivity (Wildman–Crippen MR) is 105 cm³/mol. The minimum Gasteiger partial charge on any atom is -0.365 e. The summed E-state index contributed by atoms with van der Waals surface area (Å²) in [6.07, 6.45) is 5.15. The largest absolute Gasteiger partial charge is 0.365 e. The number of nitrogens with one attached hydrogen (secondary N) is 1. The van der Waals surface area contributed by atoms with E-state index in [1.165, 1.54) is 18.4 Å². The smallest absolute Gasteiger partial charge is 0.249 e.